The Morgan fingerprint density at radius 1 is 1.31 bits per heavy atom. The number of cyclic esters (lactones) is 2. The minimum absolute atomic E-state index is 0.209. The highest BCUT2D eigenvalue weighted by Gasteiger charge is 2.30. The SMILES string of the molecule is O=C1C=C(C2CCNCC2)C(=O)O1. The Morgan fingerprint density at radius 2 is 2.00 bits per heavy atom. The van der Waals surface area contributed by atoms with E-state index in [-0.39, 0.29) is 5.92 Å². The zero-order valence-electron chi connectivity index (χ0n) is 7.21. The second-order valence-corrected chi connectivity index (χ2v) is 3.33. The molecule has 2 aliphatic rings. The molecule has 0 saturated carbocycles. The van der Waals surface area contributed by atoms with Crippen LogP contribution in [-0.2, 0) is 14.3 Å². The van der Waals surface area contributed by atoms with Gasteiger partial charge in [0, 0.05) is 11.6 Å². The maximum absolute atomic E-state index is 11.2. The predicted molar refractivity (Wildman–Crippen MR) is 44.8 cm³/mol. The first kappa shape index (κ1) is 8.44. The average molecular weight is 181 g/mol. The van der Waals surface area contributed by atoms with Crippen LogP contribution in [0.4, 0.5) is 0 Å². The van der Waals surface area contributed by atoms with E-state index in [1.54, 1.807) is 0 Å². The largest absolute Gasteiger partial charge is 0.386 e. The molecule has 2 heterocycles. The summed E-state index contributed by atoms with van der Waals surface area (Å²) in [6.45, 7) is 1.81. The van der Waals surface area contributed by atoms with E-state index in [4.69, 9.17) is 0 Å². The van der Waals surface area contributed by atoms with Crippen molar-refractivity contribution < 1.29 is 14.3 Å². The molecule has 13 heavy (non-hydrogen) atoms. The van der Waals surface area contributed by atoms with Crippen molar-refractivity contribution >= 4 is 11.9 Å². The third kappa shape index (κ3) is 1.62. The molecule has 0 aromatic heterocycles. The van der Waals surface area contributed by atoms with Crippen molar-refractivity contribution in [3.63, 3.8) is 0 Å². The summed E-state index contributed by atoms with van der Waals surface area (Å²) in [5, 5.41) is 3.20. The van der Waals surface area contributed by atoms with Gasteiger partial charge in [-0.05, 0) is 31.8 Å². The van der Waals surface area contributed by atoms with Gasteiger partial charge in [0.25, 0.3) is 0 Å². The fraction of sp³-hybridized carbons (Fsp3) is 0.556. The van der Waals surface area contributed by atoms with E-state index >= 15 is 0 Å². The van der Waals surface area contributed by atoms with Gasteiger partial charge in [0.2, 0.25) is 0 Å². The molecule has 1 fully saturated rings. The van der Waals surface area contributed by atoms with Gasteiger partial charge in [-0.3, -0.25) is 0 Å². The Hall–Kier alpha value is -1.16. The van der Waals surface area contributed by atoms with Crippen LogP contribution in [0.3, 0.4) is 0 Å². The summed E-state index contributed by atoms with van der Waals surface area (Å²) >= 11 is 0. The zero-order chi connectivity index (χ0) is 9.26. The van der Waals surface area contributed by atoms with Gasteiger partial charge in [-0.2, -0.15) is 0 Å². The normalized spacial score (nSPS) is 24.5. The van der Waals surface area contributed by atoms with Crippen molar-refractivity contribution in [2.45, 2.75) is 12.8 Å². The molecule has 4 heteroatoms. The first-order valence-corrected chi connectivity index (χ1v) is 4.46. The fourth-order valence-corrected chi connectivity index (χ4v) is 1.78. The van der Waals surface area contributed by atoms with E-state index in [9.17, 15) is 9.59 Å². The highest BCUT2D eigenvalue weighted by atomic mass is 16.6. The summed E-state index contributed by atoms with van der Waals surface area (Å²) < 4.78 is 4.44. The zero-order valence-corrected chi connectivity index (χ0v) is 7.21. The maximum Gasteiger partial charge on any atom is 0.342 e. The molecule has 0 unspecified atom stereocenters. The molecular formula is C9H11NO3. The van der Waals surface area contributed by atoms with Crippen molar-refractivity contribution in [3.8, 4) is 0 Å². The van der Waals surface area contributed by atoms with Crippen molar-refractivity contribution in [3.05, 3.63) is 11.6 Å². The van der Waals surface area contributed by atoms with Gasteiger partial charge in [0.15, 0.2) is 0 Å². The molecule has 1 saturated heterocycles. The Morgan fingerprint density at radius 3 is 2.54 bits per heavy atom. The summed E-state index contributed by atoms with van der Waals surface area (Å²) in [7, 11) is 0. The van der Waals surface area contributed by atoms with Crippen LogP contribution in [-0.4, -0.2) is 25.0 Å². The van der Waals surface area contributed by atoms with Crippen molar-refractivity contribution in [2.24, 2.45) is 5.92 Å². The number of nitrogens with one attached hydrogen (secondary N) is 1. The summed E-state index contributed by atoms with van der Waals surface area (Å²) in [5.74, 6) is -0.754. The van der Waals surface area contributed by atoms with E-state index in [1.807, 2.05) is 0 Å². The molecule has 0 atom stereocenters. The van der Waals surface area contributed by atoms with E-state index < -0.39 is 11.9 Å². The Labute approximate surface area is 75.9 Å². The maximum atomic E-state index is 11.2. The van der Waals surface area contributed by atoms with Crippen molar-refractivity contribution in [1.82, 2.24) is 5.32 Å². The lowest BCUT2D eigenvalue weighted by Crippen LogP contribution is -2.29. The molecule has 1 N–H and O–H groups in total. The first-order chi connectivity index (χ1) is 6.27. The van der Waals surface area contributed by atoms with Gasteiger partial charge >= 0.3 is 11.9 Å². The summed E-state index contributed by atoms with van der Waals surface area (Å²) in [6, 6.07) is 0. The van der Waals surface area contributed by atoms with Crippen molar-refractivity contribution in [2.75, 3.05) is 13.1 Å². The number of esters is 2. The third-order valence-electron chi connectivity index (χ3n) is 2.48. The molecule has 0 bridgehead atoms. The Bertz CT molecular complexity index is 277. The molecule has 0 aromatic carbocycles. The standard InChI is InChI=1S/C9H11NO3/c11-8-5-7(9(12)13-8)6-1-3-10-4-2-6/h5-6,10H,1-4H2. The lowest BCUT2D eigenvalue weighted by Gasteiger charge is -2.21. The number of piperidine rings is 1. The van der Waals surface area contributed by atoms with Crippen LogP contribution in [0.1, 0.15) is 12.8 Å². The molecule has 0 spiro atoms. The molecule has 0 aliphatic carbocycles. The smallest absolute Gasteiger partial charge is 0.342 e. The predicted octanol–water partition coefficient (Wildman–Crippen LogP) is -0.00420. The molecule has 2 rings (SSSR count). The first-order valence-electron chi connectivity index (χ1n) is 4.46. The van der Waals surface area contributed by atoms with Crippen LogP contribution < -0.4 is 5.32 Å². The van der Waals surface area contributed by atoms with Crippen molar-refractivity contribution in [1.29, 1.82) is 0 Å². The van der Waals surface area contributed by atoms with E-state index in [0.29, 0.717) is 5.57 Å². The second kappa shape index (κ2) is 3.30. The van der Waals surface area contributed by atoms with Gasteiger partial charge in [-0.25, -0.2) is 9.59 Å². The van der Waals surface area contributed by atoms with Gasteiger partial charge in [-0.15, -0.1) is 0 Å². The van der Waals surface area contributed by atoms with Crippen LogP contribution in [0.2, 0.25) is 0 Å². The number of hydrogen-bond donors (Lipinski definition) is 1. The van der Waals surface area contributed by atoms with E-state index in [1.165, 1.54) is 6.08 Å². The molecule has 0 aromatic rings. The number of carbonyl (C=O) groups is 2. The number of ether oxygens (including phenoxy) is 1. The number of hydrogen-bond acceptors (Lipinski definition) is 4. The molecule has 0 amide bonds. The molecule has 0 radical (unpaired) electrons. The van der Waals surface area contributed by atoms with E-state index in [2.05, 4.69) is 10.1 Å². The fourth-order valence-electron chi connectivity index (χ4n) is 1.78. The minimum Gasteiger partial charge on any atom is -0.386 e. The number of rotatable bonds is 1. The topological polar surface area (TPSA) is 55.4 Å². The molecule has 2 aliphatic heterocycles. The van der Waals surface area contributed by atoms with Gasteiger partial charge in [0.05, 0.1) is 0 Å². The second-order valence-electron chi connectivity index (χ2n) is 3.33. The molecular weight excluding hydrogens is 170 g/mol. The van der Waals surface area contributed by atoms with Crippen LogP contribution in [0.25, 0.3) is 0 Å². The lowest BCUT2D eigenvalue weighted by molar-refractivity contribution is -0.150. The van der Waals surface area contributed by atoms with E-state index in [0.717, 1.165) is 25.9 Å². The Kier molecular flexibility index (Phi) is 2.14. The lowest BCUT2D eigenvalue weighted by atomic mass is 9.90. The van der Waals surface area contributed by atoms with Crippen LogP contribution in [0.5, 0.6) is 0 Å². The monoisotopic (exact) mass is 181 g/mol. The van der Waals surface area contributed by atoms with Gasteiger partial charge in [-0.1, -0.05) is 0 Å². The minimum atomic E-state index is -0.515. The highest BCUT2D eigenvalue weighted by molar-refractivity contribution is 6.09. The Balaban J connectivity index is 2.10. The summed E-state index contributed by atoms with van der Waals surface area (Å²) in [4.78, 5) is 21.9. The van der Waals surface area contributed by atoms with Crippen LogP contribution >= 0.6 is 0 Å². The summed E-state index contributed by atoms with van der Waals surface area (Å²) in [6.07, 6.45) is 3.15. The number of carbonyl (C=O) groups excluding carboxylic acids is 2. The van der Waals surface area contributed by atoms with Gasteiger partial charge in [0.1, 0.15) is 0 Å². The van der Waals surface area contributed by atoms with Crippen LogP contribution in [0.15, 0.2) is 11.6 Å². The molecule has 4 nitrogen and oxygen atoms in total. The third-order valence-corrected chi connectivity index (χ3v) is 2.48. The average Bonchev–Trinajstić information content (AvgIpc) is 2.47. The van der Waals surface area contributed by atoms with Crippen LogP contribution in [0, 0.1) is 5.92 Å². The highest BCUT2D eigenvalue weighted by Crippen LogP contribution is 2.25. The van der Waals surface area contributed by atoms with Gasteiger partial charge < -0.3 is 10.1 Å². The quantitative estimate of drug-likeness (QED) is 0.457. The summed E-state index contributed by atoms with van der Waals surface area (Å²) in [5.41, 5.74) is 0.562. The molecule has 70 valence electrons.